The van der Waals surface area contributed by atoms with Gasteiger partial charge in [-0.25, -0.2) is 0 Å². The third-order valence-electron chi connectivity index (χ3n) is 3.44. The smallest absolute Gasteiger partial charge is 0.389 e. The first kappa shape index (κ1) is 18.8. The van der Waals surface area contributed by atoms with Crippen LogP contribution in [-0.4, -0.2) is 25.2 Å². The van der Waals surface area contributed by atoms with E-state index in [0.29, 0.717) is 30.2 Å². The third kappa shape index (κ3) is 6.11. The fourth-order valence-corrected chi connectivity index (χ4v) is 2.25. The summed E-state index contributed by atoms with van der Waals surface area (Å²) in [5, 5.41) is 2.68. The van der Waals surface area contributed by atoms with Gasteiger partial charge in [0, 0.05) is 24.2 Å². The number of benzene rings is 2. The molecule has 7 heteroatoms. The molecule has 2 aromatic carbocycles. The number of hydrogen-bond acceptors (Lipinski definition) is 3. The lowest BCUT2D eigenvalue weighted by molar-refractivity contribution is -0.134. The van der Waals surface area contributed by atoms with E-state index < -0.39 is 18.5 Å². The van der Waals surface area contributed by atoms with Crippen LogP contribution in [0.2, 0.25) is 0 Å². The lowest BCUT2D eigenvalue weighted by Gasteiger charge is -2.12. The molecule has 0 radical (unpaired) electrons. The first-order valence-electron chi connectivity index (χ1n) is 7.78. The van der Waals surface area contributed by atoms with Crippen molar-refractivity contribution in [1.82, 2.24) is 0 Å². The Balaban J connectivity index is 2.05. The van der Waals surface area contributed by atoms with Gasteiger partial charge in [0.2, 0.25) is 0 Å². The molecule has 25 heavy (non-hydrogen) atoms. The van der Waals surface area contributed by atoms with Gasteiger partial charge < -0.3 is 15.8 Å². The minimum absolute atomic E-state index is 0.232. The van der Waals surface area contributed by atoms with Crippen molar-refractivity contribution in [3.05, 3.63) is 59.7 Å². The molecule has 0 fully saturated rings. The molecule has 0 spiro atoms. The van der Waals surface area contributed by atoms with Gasteiger partial charge in [-0.1, -0.05) is 18.2 Å². The number of nitrogens with two attached hydrogens (primary N) is 1. The number of alkyl halides is 3. The number of aryl methyl sites for hydroxylation is 1. The van der Waals surface area contributed by atoms with Crippen molar-refractivity contribution in [2.75, 3.05) is 18.5 Å². The van der Waals surface area contributed by atoms with Crippen LogP contribution in [-0.2, 0) is 6.42 Å². The Kier molecular flexibility index (Phi) is 6.41. The summed E-state index contributed by atoms with van der Waals surface area (Å²) in [4.78, 5) is 12.4. The lowest BCUT2D eigenvalue weighted by atomic mass is 10.0. The highest BCUT2D eigenvalue weighted by molar-refractivity contribution is 6.05. The maximum Gasteiger partial charge on any atom is 0.389 e. The Morgan fingerprint density at radius 3 is 2.40 bits per heavy atom. The van der Waals surface area contributed by atoms with Gasteiger partial charge in [-0.3, -0.25) is 4.79 Å². The Hall–Kier alpha value is -2.54. The topological polar surface area (TPSA) is 64.3 Å². The maximum atomic E-state index is 12.4. The molecule has 4 nitrogen and oxygen atoms in total. The van der Waals surface area contributed by atoms with Gasteiger partial charge in [0.15, 0.2) is 0 Å². The molecule has 0 aliphatic carbocycles. The van der Waals surface area contributed by atoms with Crippen LogP contribution >= 0.6 is 0 Å². The number of halogens is 3. The molecule has 0 atom stereocenters. The van der Waals surface area contributed by atoms with Gasteiger partial charge >= 0.3 is 6.18 Å². The second-order valence-corrected chi connectivity index (χ2v) is 5.39. The van der Waals surface area contributed by atoms with Crippen molar-refractivity contribution in [2.24, 2.45) is 5.73 Å². The predicted molar refractivity (Wildman–Crippen MR) is 89.8 cm³/mol. The summed E-state index contributed by atoms with van der Waals surface area (Å²) in [5.41, 5.74) is 6.47. The summed E-state index contributed by atoms with van der Waals surface area (Å²) >= 11 is 0. The van der Waals surface area contributed by atoms with Crippen molar-refractivity contribution in [2.45, 2.75) is 19.0 Å². The summed E-state index contributed by atoms with van der Waals surface area (Å²) in [7, 11) is 0. The number of rotatable bonds is 7. The first-order valence-corrected chi connectivity index (χ1v) is 7.78. The van der Waals surface area contributed by atoms with Crippen molar-refractivity contribution < 1.29 is 22.7 Å². The van der Waals surface area contributed by atoms with E-state index in [4.69, 9.17) is 10.5 Å². The summed E-state index contributed by atoms with van der Waals surface area (Å²) in [6.07, 6.45) is -5.47. The number of carbonyl (C=O) groups is 1. The lowest BCUT2D eigenvalue weighted by Crippen LogP contribution is -2.16. The van der Waals surface area contributed by atoms with E-state index in [0.717, 1.165) is 0 Å². The third-order valence-corrected chi connectivity index (χ3v) is 3.44. The van der Waals surface area contributed by atoms with E-state index in [1.165, 1.54) is 12.1 Å². The number of amides is 1. The zero-order valence-corrected chi connectivity index (χ0v) is 13.5. The summed E-state index contributed by atoms with van der Waals surface area (Å²) in [6, 6.07) is 13.0. The summed E-state index contributed by atoms with van der Waals surface area (Å²) in [6.45, 7) is 0.783. The van der Waals surface area contributed by atoms with Crippen molar-refractivity contribution >= 4 is 11.6 Å². The van der Waals surface area contributed by atoms with Crippen molar-refractivity contribution in [3.8, 4) is 5.75 Å². The van der Waals surface area contributed by atoms with Crippen LogP contribution in [0.5, 0.6) is 5.75 Å². The fraction of sp³-hybridized carbons (Fsp3) is 0.278. The van der Waals surface area contributed by atoms with Crippen LogP contribution in [0.25, 0.3) is 0 Å². The minimum Gasteiger partial charge on any atom is -0.492 e. The molecule has 0 heterocycles. The molecule has 1 amide bonds. The van der Waals surface area contributed by atoms with Crippen LogP contribution in [0, 0.1) is 0 Å². The second-order valence-electron chi connectivity index (χ2n) is 5.39. The van der Waals surface area contributed by atoms with E-state index in [9.17, 15) is 18.0 Å². The zero-order chi connectivity index (χ0) is 18.3. The Bertz CT molecular complexity index is 700. The van der Waals surface area contributed by atoms with Crippen LogP contribution < -0.4 is 15.8 Å². The molecule has 0 saturated carbocycles. The fourth-order valence-electron chi connectivity index (χ4n) is 2.25. The van der Waals surface area contributed by atoms with E-state index >= 15 is 0 Å². The summed E-state index contributed by atoms with van der Waals surface area (Å²) in [5.74, 6) is 0.169. The van der Waals surface area contributed by atoms with E-state index in [1.54, 1.807) is 36.4 Å². The molecular weight excluding hydrogens is 333 g/mol. The van der Waals surface area contributed by atoms with Gasteiger partial charge in [0.25, 0.3) is 5.91 Å². The molecule has 0 saturated heterocycles. The molecule has 3 N–H and O–H groups in total. The first-order chi connectivity index (χ1) is 11.9. The predicted octanol–water partition coefficient (Wildman–Crippen LogP) is 3.77. The monoisotopic (exact) mass is 352 g/mol. The maximum absolute atomic E-state index is 12.4. The van der Waals surface area contributed by atoms with Crippen LogP contribution in [0.1, 0.15) is 22.3 Å². The molecule has 0 aliphatic rings. The molecule has 0 bridgehead atoms. The number of anilines is 1. The highest BCUT2D eigenvalue weighted by Crippen LogP contribution is 2.24. The minimum atomic E-state index is -4.26. The average molecular weight is 352 g/mol. The number of nitrogens with one attached hydrogen (secondary N) is 1. The van der Waals surface area contributed by atoms with Gasteiger partial charge in [0.1, 0.15) is 12.4 Å². The van der Waals surface area contributed by atoms with E-state index in [-0.39, 0.29) is 12.0 Å². The van der Waals surface area contributed by atoms with Gasteiger partial charge in [-0.05, 0) is 42.3 Å². The van der Waals surface area contributed by atoms with Crippen LogP contribution in [0.3, 0.4) is 0 Å². The zero-order valence-electron chi connectivity index (χ0n) is 13.5. The molecule has 2 rings (SSSR count). The van der Waals surface area contributed by atoms with E-state index in [1.807, 2.05) is 0 Å². The van der Waals surface area contributed by atoms with Gasteiger partial charge in [-0.2, -0.15) is 13.2 Å². The molecule has 0 aliphatic heterocycles. The van der Waals surface area contributed by atoms with Crippen LogP contribution in [0.15, 0.2) is 48.5 Å². The molecular formula is C18H19F3N2O2. The Morgan fingerprint density at radius 2 is 1.76 bits per heavy atom. The molecule has 2 aromatic rings. The van der Waals surface area contributed by atoms with Gasteiger partial charge in [-0.15, -0.1) is 0 Å². The molecule has 0 unspecified atom stereocenters. The van der Waals surface area contributed by atoms with Crippen LogP contribution in [0.4, 0.5) is 18.9 Å². The van der Waals surface area contributed by atoms with Crippen molar-refractivity contribution in [1.29, 1.82) is 0 Å². The number of hydrogen-bond donors (Lipinski definition) is 2. The normalized spacial score (nSPS) is 11.2. The Labute approximate surface area is 143 Å². The largest absolute Gasteiger partial charge is 0.492 e. The highest BCUT2D eigenvalue weighted by atomic mass is 19.4. The van der Waals surface area contributed by atoms with Crippen molar-refractivity contribution in [3.63, 3.8) is 0 Å². The highest BCUT2D eigenvalue weighted by Gasteiger charge is 2.27. The average Bonchev–Trinajstić information content (AvgIpc) is 2.59. The Morgan fingerprint density at radius 1 is 1.08 bits per heavy atom. The van der Waals surface area contributed by atoms with E-state index in [2.05, 4.69) is 5.32 Å². The quantitative estimate of drug-likeness (QED) is 0.797. The number of carbonyl (C=O) groups excluding carboxylic acids is 1. The standard InChI is InChI=1S/C18H19F3N2O2/c19-18(20,21)10-9-13-3-1-2-4-16(13)17(24)23-14-5-7-15(8-6-14)25-12-11-22/h1-8H,9-12,22H2,(H,23,24). The number of ether oxygens (including phenoxy) is 1. The molecule has 0 aromatic heterocycles. The summed E-state index contributed by atoms with van der Waals surface area (Å²) < 4.78 is 42.6. The molecule has 134 valence electrons. The van der Waals surface area contributed by atoms with Gasteiger partial charge in [0.05, 0.1) is 0 Å². The second kappa shape index (κ2) is 8.53. The SMILES string of the molecule is NCCOc1ccc(NC(=O)c2ccccc2CCC(F)(F)F)cc1.